The molecular formula is C30H57FeO6. The molecule has 6 nitrogen and oxygen atoms in total. The van der Waals surface area contributed by atoms with Gasteiger partial charge in [-0.1, -0.05) is 101 Å². The standard InChI is InChI=1S/3C10H20O2.Fe/c3*1-4-7-8-10(5-2,6-3)9(11)12;/h3*4-8H2,1-3H3,(H,11,12);/q;;;+3/p-3. The van der Waals surface area contributed by atoms with E-state index < -0.39 is 34.2 Å². The predicted octanol–water partition coefficient (Wildman–Crippen LogP) is 5.20. The molecular weight excluding hydrogens is 512 g/mol. The fourth-order valence-corrected chi connectivity index (χ4v) is 4.53. The Hall–Kier alpha value is -1.07. The van der Waals surface area contributed by atoms with Crippen LogP contribution >= 0.6 is 0 Å². The summed E-state index contributed by atoms with van der Waals surface area (Å²) < 4.78 is 0. The molecule has 0 bridgehead atoms. The van der Waals surface area contributed by atoms with Crippen LogP contribution < -0.4 is 15.3 Å². The second-order valence-electron chi connectivity index (χ2n) is 10.1. The minimum atomic E-state index is -0.874. The van der Waals surface area contributed by atoms with Gasteiger partial charge in [0.05, 0.1) is 0 Å². The molecule has 0 atom stereocenters. The molecule has 0 aromatic heterocycles. The van der Waals surface area contributed by atoms with Gasteiger partial charge >= 0.3 is 17.1 Å². The Morgan fingerprint density at radius 1 is 0.432 bits per heavy atom. The summed E-state index contributed by atoms with van der Waals surface area (Å²) in [5.74, 6) is -2.62. The van der Waals surface area contributed by atoms with Crippen molar-refractivity contribution < 1.29 is 46.8 Å². The van der Waals surface area contributed by atoms with Crippen LogP contribution in [0, 0.1) is 16.2 Å². The van der Waals surface area contributed by atoms with Crippen LogP contribution in [-0.2, 0) is 31.5 Å². The van der Waals surface area contributed by atoms with Gasteiger partial charge in [0.1, 0.15) is 0 Å². The second kappa shape index (κ2) is 24.0. The van der Waals surface area contributed by atoms with Crippen LogP contribution in [0.3, 0.4) is 0 Å². The number of unbranched alkanes of at least 4 members (excludes halogenated alkanes) is 3. The summed E-state index contributed by atoms with van der Waals surface area (Å²) in [6.45, 7) is 17.8. The fourth-order valence-electron chi connectivity index (χ4n) is 4.53. The van der Waals surface area contributed by atoms with Gasteiger partial charge in [-0.3, -0.25) is 0 Å². The van der Waals surface area contributed by atoms with E-state index >= 15 is 0 Å². The average Bonchev–Trinajstić information content (AvgIpc) is 2.87. The summed E-state index contributed by atoms with van der Waals surface area (Å²) in [7, 11) is 0. The van der Waals surface area contributed by atoms with E-state index in [1.807, 2.05) is 41.5 Å². The number of hydrogen-bond acceptors (Lipinski definition) is 6. The molecule has 0 aromatic rings. The number of carbonyl (C=O) groups excluding carboxylic acids is 3. The van der Waals surface area contributed by atoms with E-state index in [9.17, 15) is 29.7 Å². The van der Waals surface area contributed by atoms with Crippen molar-refractivity contribution in [3.05, 3.63) is 0 Å². The molecule has 0 rings (SSSR count). The summed E-state index contributed by atoms with van der Waals surface area (Å²) in [4.78, 5) is 32.6. The molecule has 221 valence electrons. The van der Waals surface area contributed by atoms with Gasteiger partial charge < -0.3 is 29.7 Å². The third kappa shape index (κ3) is 15.2. The van der Waals surface area contributed by atoms with Gasteiger partial charge in [-0.25, -0.2) is 0 Å². The number of carbonyl (C=O) groups is 3. The van der Waals surface area contributed by atoms with Gasteiger partial charge in [0, 0.05) is 34.2 Å². The van der Waals surface area contributed by atoms with Crippen molar-refractivity contribution in [1.82, 2.24) is 0 Å². The summed E-state index contributed by atoms with van der Waals surface area (Å²) in [5.41, 5.74) is -1.68. The number of hydrogen-bond donors (Lipinski definition) is 0. The van der Waals surface area contributed by atoms with Crippen molar-refractivity contribution in [3.8, 4) is 0 Å². The van der Waals surface area contributed by atoms with Gasteiger partial charge in [-0.05, 0) is 57.8 Å². The molecule has 0 fully saturated rings. The van der Waals surface area contributed by atoms with Crippen LogP contribution in [0.5, 0.6) is 0 Å². The SMILES string of the molecule is CCCCC(CC)(CC)C(=O)[O-].CCCCC(CC)(CC)C(=O)[O-].CCCCC(CC)(CC)C(=O)[O-].[Fe+3]. The summed E-state index contributed by atoms with van der Waals surface area (Å²) in [6.07, 6.45) is 12.5. The third-order valence-corrected chi connectivity index (χ3v) is 8.39. The largest absolute Gasteiger partial charge is 3.00 e. The molecule has 0 saturated heterocycles. The zero-order chi connectivity index (χ0) is 28.8. The molecule has 0 aliphatic rings. The fraction of sp³-hybridized carbons (Fsp3) is 0.900. The van der Waals surface area contributed by atoms with E-state index in [-0.39, 0.29) is 17.1 Å². The van der Waals surface area contributed by atoms with Crippen LogP contribution in [0.25, 0.3) is 0 Å². The monoisotopic (exact) mass is 569 g/mol. The molecule has 0 aliphatic heterocycles. The molecule has 0 aromatic carbocycles. The molecule has 0 spiro atoms. The van der Waals surface area contributed by atoms with Crippen LogP contribution in [0.1, 0.15) is 159 Å². The van der Waals surface area contributed by atoms with Gasteiger partial charge in [0.25, 0.3) is 0 Å². The molecule has 0 amide bonds. The van der Waals surface area contributed by atoms with E-state index in [2.05, 4.69) is 20.8 Å². The summed E-state index contributed by atoms with van der Waals surface area (Å²) in [6, 6.07) is 0. The Morgan fingerprint density at radius 3 is 0.676 bits per heavy atom. The quantitative estimate of drug-likeness (QED) is 0.209. The zero-order valence-corrected chi connectivity index (χ0v) is 26.5. The minimum absolute atomic E-state index is 0. The molecule has 0 heterocycles. The van der Waals surface area contributed by atoms with Crippen molar-refractivity contribution >= 4 is 17.9 Å². The van der Waals surface area contributed by atoms with Crippen molar-refractivity contribution in [1.29, 1.82) is 0 Å². The van der Waals surface area contributed by atoms with Crippen molar-refractivity contribution in [2.75, 3.05) is 0 Å². The van der Waals surface area contributed by atoms with E-state index in [1.54, 1.807) is 0 Å². The number of carboxylic acid groups (broad SMARTS) is 3. The Labute approximate surface area is 239 Å². The maximum atomic E-state index is 10.9. The van der Waals surface area contributed by atoms with E-state index in [0.29, 0.717) is 38.5 Å². The first kappa shape index (κ1) is 43.0. The molecule has 0 unspecified atom stereocenters. The maximum Gasteiger partial charge on any atom is 3.00 e. The third-order valence-electron chi connectivity index (χ3n) is 8.39. The Bertz CT molecular complexity index is 498. The van der Waals surface area contributed by atoms with Crippen molar-refractivity contribution in [2.24, 2.45) is 16.2 Å². The molecule has 0 N–H and O–H groups in total. The topological polar surface area (TPSA) is 120 Å². The first-order valence-electron chi connectivity index (χ1n) is 14.5. The van der Waals surface area contributed by atoms with Crippen LogP contribution in [0.4, 0.5) is 0 Å². The molecule has 0 saturated carbocycles. The number of aliphatic carboxylic acids is 3. The van der Waals surface area contributed by atoms with Crippen LogP contribution in [-0.4, -0.2) is 17.9 Å². The number of rotatable bonds is 18. The average molecular weight is 570 g/mol. The summed E-state index contributed by atoms with van der Waals surface area (Å²) in [5, 5.41) is 32.6. The van der Waals surface area contributed by atoms with Gasteiger partial charge in [-0.2, -0.15) is 0 Å². The Kier molecular flexibility index (Phi) is 27.9. The first-order valence-corrected chi connectivity index (χ1v) is 14.5. The predicted molar refractivity (Wildman–Crippen MR) is 143 cm³/mol. The Balaban J connectivity index is -0.000000218. The van der Waals surface area contributed by atoms with E-state index in [1.165, 1.54) is 0 Å². The molecule has 1 radical (unpaired) electrons. The first-order chi connectivity index (χ1) is 16.9. The molecule has 0 aliphatic carbocycles. The number of carboxylic acids is 3. The minimum Gasteiger partial charge on any atom is -0.550 e. The van der Waals surface area contributed by atoms with Crippen LogP contribution in [0.15, 0.2) is 0 Å². The zero-order valence-electron chi connectivity index (χ0n) is 25.4. The normalized spacial score (nSPS) is 11.3. The van der Waals surface area contributed by atoms with Gasteiger partial charge in [-0.15, -0.1) is 0 Å². The van der Waals surface area contributed by atoms with Crippen LogP contribution in [0.2, 0.25) is 0 Å². The summed E-state index contributed by atoms with van der Waals surface area (Å²) >= 11 is 0. The smallest absolute Gasteiger partial charge is 0.550 e. The second-order valence-corrected chi connectivity index (χ2v) is 10.1. The van der Waals surface area contributed by atoms with Gasteiger partial charge in [0.2, 0.25) is 0 Å². The molecule has 7 heteroatoms. The van der Waals surface area contributed by atoms with E-state index in [4.69, 9.17) is 0 Å². The Morgan fingerprint density at radius 2 is 0.595 bits per heavy atom. The van der Waals surface area contributed by atoms with E-state index in [0.717, 1.165) is 57.8 Å². The molecule has 37 heavy (non-hydrogen) atoms. The van der Waals surface area contributed by atoms with Crippen molar-refractivity contribution in [2.45, 2.75) is 159 Å². The van der Waals surface area contributed by atoms with Crippen molar-refractivity contribution in [3.63, 3.8) is 0 Å². The maximum absolute atomic E-state index is 10.9. The van der Waals surface area contributed by atoms with Gasteiger partial charge in [0.15, 0.2) is 0 Å².